The molecule has 0 radical (unpaired) electrons. The number of para-hydroxylation sites is 1. The molecule has 3 aromatic rings. The van der Waals surface area contributed by atoms with Crippen LogP contribution in [-0.4, -0.2) is 34.2 Å². The molecular weight excluding hydrogens is 345 g/mol. The second-order valence-electron chi connectivity index (χ2n) is 6.18. The fourth-order valence-electron chi connectivity index (χ4n) is 2.86. The number of halogens is 1. The maximum Gasteiger partial charge on any atom is 0.227 e. The number of carbonyl (C=O) groups is 1. The van der Waals surface area contributed by atoms with Gasteiger partial charge in [0.15, 0.2) is 11.6 Å². The standard InChI is InChI=1S/C21H22FN3O2/c1-3-24(14-16-9-10-20(27-2)19(22)11-16)21(26)12-17-13-23-25(15-17)18-7-5-4-6-8-18/h4-11,13,15H,3,12,14H2,1-2H3. The highest BCUT2D eigenvalue weighted by molar-refractivity contribution is 5.78. The van der Waals surface area contributed by atoms with E-state index in [2.05, 4.69) is 5.10 Å². The van der Waals surface area contributed by atoms with E-state index in [1.807, 2.05) is 43.5 Å². The molecule has 2 aromatic carbocycles. The minimum Gasteiger partial charge on any atom is -0.494 e. The summed E-state index contributed by atoms with van der Waals surface area (Å²) in [6.07, 6.45) is 3.80. The van der Waals surface area contributed by atoms with Crippen molar-refractivity contribution in [3.63, 3.8) is 0 Å². The zero-order chi connectivity index (χ0) is 19.2. The molecule has 0 unspecified atom stereocenters. The first kappa shape index (κ1) is 18.6. The second kappa shape index (κ2) is 8.49. The van der Waals surface area contributed by atoms with Gasteiger partial charge in [-0.15, -0.1) is 0 Å². The van der Waals surface area contributed by atoms with E-state index in [1.54, 1.807) is 27.9 Å². The molecule has 27 heavy (non-hydrogen) atoms. The molecule has 140 valence electrons. The minimum absolute atomic E-state index is 0.0265. The average Bonchev–Trinajstić information content (AvgIpc) is 3.15. The first-order valence-corrected chi connectivity index (χ1v) is 8.80. The summed E-state index contributed by atoms with van der Waals surface area (Å²) < 4.78 is 20.6. The molecule has 1 heterocycles. The first-order chi connectivity index (χ1) is 13.1. The van der Waals surface area contributed by atoms with Crippen molar-refractivity contribution in [3.05, 3.63) is 77.9 Å². The largest absolute Gasteiger partial charge is 0.494 e. The zero-order valence-corrected chi connectivity index (χ0v) is 15.4. The van der Waals surface area contributed by atoms with Gasteiger partial charge in [0.05, 0.1) is 25.4 Å². The van der Waals surface area contributed by atoms with Gasteiger partial charge in [-0.05, 0) is 42.3 Å². The quantitative estimate of drug-likeness (QED) is 0.641. The van der Waals surface area contributed by atoms with Crippen LogP contribution < -0.4 is 4.74 Å². The molecule has 0 aliphatic rings. The van der Waals surface area contributed by atoms with Crippen LogP contribution >= 0.6 is 0 Å². The third-order valence-electron chi connectivity index (χ3n) is 4.34. The summed E-state index contributed by atoms with van der Waals surface area (Å²) in [5, 5.41) is 4.32. The van der Waals surface area contributed by atoms with Crippen LogP contribution in [0.25, 0.3) is 5.69 Å². The normalized spacial score (nSPS) is 10.6. The monoisotopic (exact) mass is 367 g/mol. The van der Waals surface area contributed by atoms with Gasteiger partial charge in [0.25, 0.3) is 0 Å². The number of likely N-dealkylation sites (N-methyl/N-ethyl adjacent to an activating group) is 1. The highest BCUT2D eigenvalue weighted by Gasteiger charge is 2.15. The predicted molar refractivity (Wildman–Crippen MR) is 101 cm³/mol. The van der Waals surface area contributed by atoms with Gasteiger partial charge in [-0.3, -0.25) is 4.79 Å². The van der Waals surface area contributed by atoms with Crippen molar-refractivity contribution < 1.29 is 13.9 Å². The molecule has 0 spiro atoms. The van der Waals surface area contributed by atoms with Crippen LogP contribution in [-0.2, 0) is 17.8 Å². The van der Waals surface area contributed by atoms with Gasteiger partial charge in [-0.2, -0.15) is 5.10 Å². The summed E-state index contributed by atoms with van der Waals surface area (Å²) in [7, 11) is 1.43. The summed E-state index contributed by atoms with van der Waals surface area (Å²) in [6, 6.07) is 14.5. The van der Waals surface area contributed by atoms with E-state index in [1.165, 1.54) is 13.2 Å². The van der Waals surface area contributed by atoms with Crippen molar-refractivity contribution >= 4 is 5.91 Å². The average molecular weight is 367 g/mol. The molecule has 0 bridgehead atoms. The lowest BCUT2D eigenvalue weighted by Gasteiger charge is -2.21. The molecule has 3 rings (SSSR count). The molecular formula is C21H22FN3O2. The van der Waals surface area contributed by atoms with Gasteiger partial charge in [0.2, 0.25) is 5.91 Å². The summed E-state index contributed by atoms with van der Waals surface area (Å²) in [6.45, 7) is 2.80. The van der Waals surface area contributed by atoms with E-state index in [4.69, 9.17) is 4.74 Å². The number of methoxy groups -OCH3 is 1. The second-order valence-corrected chi connectivity index (χ2v) is 6.18. The lowest BCUT2D eigenvalue weighted by Crippen LogP contribution is -2.31. The van der Waals surface area contributed by atoms with Crippen LogP contribution in [0.2, 0.25) is 0 Å². The molecule has 6 heteroatoms. The van der Waals surface area contributed by atoms with E-state index in [0.717, 1.165) is 16.8 Å². The van der Waals surface area contributed by atoms with Gasteiger partial charge in [-0.1, -0.05) is 24.3 Å². The lowest BCUT2D eigenvalue weighted by atomic mass is 10.1. The summed E-state index contributed by atoms with van der Waals surface area (Å²) in [4.78, 5) is 14.4. The number of hydrogen-bond acceptors (Lipinski definition) is 3. The van der Waals surface area contributed by atoms with Gasteiger partial charge in [0, 0.05) is 19.3 Å². The van der Waals surface area contributed by atoms with Crippen molar-refractivity contribution in [2.24, 2.45) is 0 Å². The van der Waals surface area contributed by atoms with Crippen molar-refractivity contribution in [1.82, 2.24) is 14.7 Å². The minimum atomic E-state index is -0.428. The number of nitrogens with zero attached hydrogens (tertiary/aromatic N) is 3. The van der Waals surface area contributed by atoms with Crippen LogP contribution in [0.5, 0.6) is 5.75 Å². The summed E-state index contributed by atoms with van der Waals surface area (Å²) in [5.74, 6) is -0.259. The summed E-state index contributed by atoms with van der Waals surface area (Å²) >= 11 is 0. The Bertz CT molecular complexity index is 909. The number of hydrogen-bond donors (Lipinski definition) is 0. The van der Waals surface area contributed by atoms with Crippen LogP contribution in [0.3, 0.4) is 0 Å². The Morgan fingerprint density at radius 2 is 1.96 bits per heavy atom. The summed E-state index contributed by atoms with van der Waals surface area (Å²) in [5.41, 5.74) is 2.50. The van der Waals surface area contributed by atoms with E-state index in [9.17, 15) is 9.18 Å². The molecule has 0 N–H and O–H groups in total. The van der Waals surface area contributed by atoms with Crippen molar-refractivity contribution in [1.29, 1.82) is 0 Å². The predicted octanol–water partition coefficient (Wildman–Crippen LogP) is 3.61. The molecule has 1 amide bonds. The van der Waals surface area contributed by atoms with Gasteiger partial charge in [-0.25, -0.2) is 9.07 Å². The van der Waals surface area contributed by atoms with E-state index >= 15 is 0 Å². The fourth-order valence-corrected chi connectivity index (χ4v) is 2.86. The molecule has 1 aromatic heterocycles. The molecule has 0 aliphatic carbocycles. The number of aromatic nitrogens is 2. The Morgan fingerprint density at radius 3 is 2.63 bits per heavy atom. The number of ether oxygens (including phenoxy) is 1. The first-order valence-electron chi connectivity index (χ1n) is 8.80. The van der Waals surface area contributed by atoms with Crippen LogP contribution in [0.15, 0.2) is 60.9 Å². The third-order valence-corrected chi connectivity index (χ3v) is 4.34. The van der Waals surface area contributed by atoms with Crippen LogP contribution in [0.4, 0.5) is 4.39 Å². The Hall–Kier alpha value is -3.15. The van der Waals surface area contributed by atoms with Crippen LogP contribution in [0.1, 0.15) is 18.1 Å². The Labute approximate surface area is 158 Å². The highest BCUT2D eigenvalue weighted by atomic mass is 19.1. The molecule has 0 atom stereocenters. The van der Waals surface area contributed by atoms with Gasteiger partial charge in [0.1, 0.15) is 0 Å². The Morgan fingerprint density at radius 1 is 1.19 bits per heavy atom. The van der Waals surface area contributed by atoms with Gasteiger partial charge >= 0.3 is 0 Å². The smallest absolute Gasteiger partial charge is 0.227 e. The molecule has 0 aliphatic heterocycles. The Balaban J connectivity index is 1.67. The maximum absolute atomic E-state index is 13.9. The van der Waals surface area contributed by atoms with E-state index in [-0.39, 0.29) is 18.1 Å². The molecule has 5 nitrogen and oxygen atoms in total. The fraction of sp³-hybridized carbons (Fsp3) is 0.238. The number of amides is 1. The number of rotatable bonds is 7. The van der Waals surface area contributed by atoms with Gasteiger partial charge < -0.3 is 9.64 Å². The van der Waals surface area contributed by atoms with Crippen molar-refractivity contribution in [2.75, 3.05) is 13.7 Å². The SMILES string of the molecule is CCN(Cc1ccc(OC)c(F)c1)C(=O)Cc1cnn(-c2ccccc2)c1. The van der Waals surface area contributed by atoms with Crippen LogP contribution in [0, 0.1) is 5.82 Å². The molecule has 0 fully saturated rings. The number of benzene rings is 2. The van der Waals surface area contributed by atoms with Crippen molar-refractivity contribution in [2.45, 2.75) is 19.9 Å². The maximum atomic E-state index is 13.9. The Kier molecular flexibility index (Phi) is 5.86. The number of carbonyl (C=O) groups excluding carboxylic acids is 1. The molecule has 0 saturated heterocycles. The lowest BCUT2D eigenvalue weighted by molar-refractivity contribution is -0.130. The molecule has 0 saturated carbocycles. The van der Waals surface area contributed by atoms with E-state index in [0.29, 0.717) is 13.1 Å². The van der Waals surface area contributed by atoms with E-state index < -0.39 is 5.82 Å². The zero-order valence-electron chi connectivity index (χ0n) is 15.4. The third kappa shape index (κ3) is 4.53. The highest BCUT2D eigenvalue weighted by Crippen LogP contribution is 2.19. The van der Waals surface area contributed by atoms with Crippen molar-refractivity contribution in [3.8, 4) is 11.4 Å². The topological polar surface area (TPSA) is 47.4 Å².